The molecule has 1 unspecified atom stereocenters. The number of nitrogens with one attached hydrogen (secondary N) is 1. The van der Waals surface area contributed by atoms with Crippen LogP contribution in [0.4, 0.5) is 5.69 Å². The van der Waals surface area contributed by atoms with Gasteiger partial charge in [0.05, 0.1) is 5.92 Å². The summed E-state index contributed by atoms with van der Waals surface area (Å²) < 4.78 is 0. The maximum absolute atomic E-state index is 12.3. The highest BCUT2D eigenvalue weighted by Crippen LogP contribution is 2.36. The number of rotatable bonds is 3. The molecule has 0 aromatic heterocycles. The fourth-order valence-electron chi connectivity index (χ4n) is 2.55. The van der Waals surface area contributed by atoms with Crippen molar-refractivity contribution in [1.82, 2.24) is 4.90 Å². The normalized spacial score (nSPS) is 19.2. The first-order valence-electron chi connectivity index (χ1n) is 6.66. The third kappa shape index (κ3) is 2.74. The average molecular weight is 272 g/mol. The molecule has 0 saturated heterocycles. The van der Waals surface area contributed by atoms with E-state index in [1.165, 1.54) is 6.92 Å². The van der Waals surface area contributed by atoms with Crippen LogP contribution in [0.3, 0.4) is 0 Å². The van der Waals surface area contributed by atoms with Crippen LogP contribution in [0, 0.1) is 6.92 Å². The first-order chi connectivity index (χ1) is 9.40. The number of fused-ring (bicyclic) bond motifs is 1. The number of carbonyl (C=O) groups is 2. The second kappa shape index (κ2) is 5.49. The molecule has 0 fully saturated rings. The summed E-state index contributed by atoms with van der Waals surface area (Å²) in [5.41, 5.74) is 3.84. The maximum Gasteiger partial charge on any atom is 0.209 e. The van der Waals surface area contributed by atoms with E-state index >= 15 is 0 Å². The molecule has 4 nitrogen and oxygen atoms in total. The Kier molecular flexibility index (Phi) is 3.93. The summed E-state index contributed by atoms with van der Waals surface area (Å²) in [4.78, 5) is 25.8. The Morgan fingerprint density at radius 2 is 2.05 bits per heavy atom. The molecule has 0 aliphatic carbocycles. The van der Waals surface area contributed by atoms with Crippen LogP contribution in [-0.2, 0) is 9.59 Å². The predicted molar refractivity (Wildman–Crippen MR) is 79.9 cm³/mol. The van der Waals surface area contributed by atoms with Gasteiger partial charge in [-0.15, -0.1) is 0 Å². The van der Waals surface area contributed by atoms with Crippen LogP contribution >= 0.6 is 0 Å². The number of nitrogens with zero attached hydrogens (tertiary/aromatic N) is 1. The molecule has 0 bridgehead atoms. The van der Waals surface area contributed by atoms with Crippen molar-refractivity contribution < 1.29 is 9.59 Å². The third-order valence-corrected chi connectivity index (χ3v) is 3.41. The maximum atomic E-state index is 12.3. The quantitative estimate of drug-likeness (QED) is 0.856. The SMILES string of the molecule is CC(=O)C(=O)C1/C(=C\N(C)C)CNc2ccc(C)cc21. The Hall–Kier alpha value is -2.10. The second-order valence-corrected chi connectivity index (χ2v) is 5.47. The van der Waals surface area contributed by atoms with Crippen LogP contribution in [0.2, 0.25) is 0 Å². The Morgan fingerprint density at radius 1 is 1.35 bits per heavy atom. The number of hydrogen-bond acceptors (Lipinski definition) is 4. The Bertz CT molecular complexity index is 588. The lowest BCUT2D eigenvalue weighted by atomic mass is 9.82. The van der Waals surface area contributed by atoms with Gasteiger partial charge in [0, 0.05) is 39.5 Å². The molecule has 0 amide bonds. The van der Waals surface area contributed by atoms with Gasteiger partial charge < -0.3 is 10.2 Å². The number of carbonyl (C=O) groups excluding carboxylic acids is 2. The molecule has 1 aromatic rings. The minimum Gasteiger partial charge on any atom is -0.383 e. The Morgan fingerprint density at radius 3 is 2.65 bits per heavy atom. The van der Waals surface area contributed by atoms with Crippen molar-refractivity contribution in [2.45, 2.75) is 19.8 Å². The molecule has 1 N–H and O–H groups in total. The van der Waals surface area contributed by atoms with E-state index in [0.29, 0.717) is 6.54 Å². The number of Topliss-reactive ketones (excluding diaryl/α,β-unsaturated/α-hetero) is 2. The van der Waals surface area contributed by atoms with Gasteiger partial charge in [-0.1, -0.05) is 17.7 Å². The fraction of sp³-hybridized carbons (Fsp3) is 0.375. The number of ketones is 2. The van der Waals surface area contributed by atoms with Crippen LogP contribution in [0.1, 0.15) is 24.0 Å². The standard InChI is InChI=1S/C16H20N2O2/c1-10-5-6-14-13(7-10)15(16(20)11(2)19)12(8-17-14)9-18(3)4/h5-7,9,15,17H,8H2,1-4H3/b12-9-. The minimum absolute atomic E-state index is 0.341. The number of benzene rings is 1. The first-order valence-corrected chi connectivity index (χ1v) is 6.66. The van der Waals surface area contributed by atoms with Crippen molar-refractivity contribution in [2.75, 3.05) is 26.0 Å². The lowest BCUT2D eigenvalue weighted by molar-refractivity contribution is -0.135. The molecule has 2 rings (SSSR count). The summed E-state index contributed by atoms with van der Waals surface area (Å²) in [7, 11) is 3.82. The molecule has 20 heavy (non-hydrogen) atoms. The zero-order chi connectivity index (χ0) is 14.9. The van der Waals surface area contributed by atoms with Gasteiger partial charge in [-0.25, -0.2) is 0 Å². The largest absolute Gasteiger partial charge is 0.383 e. The van der Waals surface area contributed by atoms with E-state index in [0.717, 1.165) is 22.4 Å². The summed E-state index contributed by atoms with van der Waals surface area (Å²) >= 11 is 0. The highest BCUT2D eigenvalue weighted by molar-refractivity contribution is 6.39. The van der Waals surface area contributed by atoms with E-state index in [4.69, 9.17) is 0 Å². The second-order valence-electron chi connectivity index (χ2n) is 5.47. The number of anilines is 1. The molecular weight excluding hydrogens is 252 g/mol. The highest BCUT2D eigenvalue weighted by atomic mass is 16.2. The van der Waals surface area contributed by atoms with Crippen molar-refractivity contribution in [1.29, 1.82) is 0 Å². The van der Waals surface area contributed by atoms with Gasteiger partial charge in [0.25, 0.3) is 0 Å². The van der Waals surface area contributed by atoms with Crippen LogP contribution < -0.4 is 5.32 Å². The molecule has 1 atom stereocenters. The van der Waals surface area contributed by atoms with Crippen molar-refractivity contribution in [3.05, 3.63) is 41.1 Å². The number of aryl methyl sites for hydroxylation is 1. The molecule has 1 heterocycles. The van der Waals surface area contributed by atoms with Gasteiger partial charge >= 0.3 is 0 Å². The highest BCUT2D eigenvalue weighted by Gasteiger charge is 2.32. The van der Waals surface area contributed by atoms with Crippen LogP contribution in [0.15, 0.2) is 30.0 Å². The van der Waals surface area contributed by atoms with E-state index in [2.05, 4.69) is 5.32 Å². The molecule has 0 saturated carbocycles. The first kappa shape index (κ1) is 14.3. The van der Waals surface area contributed by atoms with E-state index in [9.17, 15) is 9.59 Å². The van der Waals surface area contributed by atoms with Gasteiger partial charge in [0.1, 0.15) is 0 Å². The molecule has 0 radical (unpaired) electrons. The summed E-state index contributed by atoms with van der Waals surface area (Å²) in [5, 5.41) is 3.31. The summed E-state index contributed by atoms with van der Waals surface area (Å²) in [5.74, 6) is -1.20. The molecule has 1 aromatic carbocycles. The smallest absolute Gasteiger partial charge is 0.209 e. The van der Waals surface area contributed by atoms with Crippen molar-refractivity contribution >= 4 is 17.3 Å². The monoisotopic (exact) mass is 272 g/mol. The van der Waals surface area contributed by atoms with Crippen molar-refractivity contribution in [2.24, 2.45) is 0 Å². The molecule has 4 heteroatoms. The molecule has 0 spiro atoms. The minimum atomic E-state index is -0.467. The van der Waals surface area contributed by atoms with Gasteiger partial charge in [0.2, 0.25) is 5.78 Å². The predicted octanol–water partition coefficient (Wildman–Crippen LogP) is 2.11. The Labute approximate surface area is 119 Å². The Balaban J connectivity index is 2.56. The van der Waals surface area contributed by atoms with Gasteiger partial charge in [-0.05, 0) is 24.1 Å². The van der Waals surface area contributed by atoms with Crippen molar-refractivity contribution in [3.63, 3.8) is 0 Å². The molecule has 1 aliphatic heterocycles. The van der Waals surface area contributed by atoms with E-state index in [1.54, 1.807) is 0 Å². The molecular formula is C16H20N2O2. The molecule has 1 aliphatic rings. The molecule has 106 valence electrons. The summed E-state index contributed by atoms with van der Waals surface area (Å²) in [6.45, 7) is 3.91. The zero-order valence-electron chi connectivity index (χ0n) is 12.4. The van der Waals surface area contributed by atoms with Crippen LogP contribution in [0.25, 0.3) is 0 Å². The summed E-state index contributed by atoms with van der Waals surface area (Å²) in [6.07, 6.45) is 1.92. The van der Waals surface area contributed by atoms with E-state index < -0.39 is 11.7 Å². The van der Waals surface area contributed by atoms with Gasteiger partial charge in [-0.2, -0.15) is 0 Å². The van der Waals surface area contributed by atoms with Gasteiger partial charge in [-0.3, -0.25) is 9.59 Å². The number of hydrogen-bond donors (Lipinski definition) is 1. The van der Waals surface area contributed by atoms with Gasteiger partial charge in [0.15, 0.2) is 5.78 Å². The third-order valence-electron chi connectivity index (χ3n) is 3.41. The lowest BCUT2D eigenvalue weighted by Gasteiger charge is -2.29. The topological polar surface area (TPSA) is 49.4 Å². The van der Waals surface area contributed by atoms with Crippen molar-refractivity contribution in [3.8, 4) is 0 Å². The van der Waals surface area contributed by atoms with E-state index in [-0.39, 0.29) is 5.78 Å². The van der Waals surface area contributed by atoms with Crippen LogP contribution in [-0.4, -0.2) is 37.1 Å². The summed E-state index contributed by atoms with van der Waals surface area (Å²) in [6, 6.07) is 5.95. The fourth-order valence-corrected chi connectivity index (χ4v) is 2.55. The zero-order valence-corrected chi connectivity index (χ0v) is 12.4. The van der Waals surface area contributed by atoms with Crippen LogP contribution in [0.5, 0.6) is 0 Å². The van der Waals surface area contributed by atoms with E-state index in [1.807, 2.05) is 50.3 Å². The lowest BCUT2D eigenvalue weighted by Crippen LogP contribution is -2.30. The average Bonchev–Trinajstić information content (AvgIpc) is 2.36.